The first-order valence-electron chi connectivity index (χ1n) is 8.43. The molecule has 0 atom stereocenters. The fraction of sp³-hybridized carbons (Fsp3) is 0.500. The summed E-state index contributed by atoms with van der Waals surface area (Å²) in [6.45, 7) is 2.75. The van der Waals surface area contributed by atoms with E-state index in [1.807, 2.05) is 0 Å². The number of amides is 1. The van der Waals surface area contributed by atoms with Gasteiger partial charge in [0.1, 0.15) is 5.75 Å². The monoisotopic (exact) mass is 403 g/mol. The Hall–Kier alpha value is -2.30. The Bertz CT molecular complexity index is 722. The minimum absolute atomic E-state index is 0.125. The van der Waals surface area contributed by atoms with Crippen LogP contribution >= 0.6 is 11.8 Å². The van der Waals surface area contributed by atoms with E-state index < -0.39 is 6.36 Å². The van der Waals surface area contributed by atoms with Crippen LogP contribution in [0.1, 0.15) is 32.6 Å². The highest BCUT2D eigenvalue weighted by molar-refractivity contribution is 7.99. The van der Waals surface area contributed by atoms with E-state index in [0.717, 1.165) is 37.4 Å². The summed E-state index contributed by atoms with van der Waals surface area (Å²) in [4.78, 5) is 11.9. The van der Waals surface area contributed by atoms with E-state index in [1.165, 1.54) is 28.9 Å². The first-order chi connectivity index (χ1) is 12.9. The average Bonchev–Trinajstić information content (AvgIpc) is 3.07. The Kier molecular flexibility index (Phi) is 7.89. The van der Waals surface area contributed by atoms with Gasteiger partial charge in [-0.15, -0.1) is 18.3 Å². The van der Waals surface area contributed by atoms with Crippen LogP contribution < -0.4 is 10.1 Å². The smallest absolute Gasteiger partial charge is 0.406 e. The lowest BCUT2D eigenvalue weighted by Gasteiger charge is -2.09. The Morgan fingerprint density at radius 2 is 1.96 bits per heavy atom. The van der Waals surface area contributed by atoms with Crippen LogP contribution in [0.15, 0.2) is 29.4 Å². The van der Waals surface area contributed by atoms with Crippen molar-refractivity contribution in [3.05, 3.63) is 24.3 Å². The summed E-state index contributed by atoms with van der Waals surface area (Å²) in [5.41, 5.74) is 0.456. The van der Waals surface area contributed by atoms with E-state index in [2.05, 4.69) is 32.5 Å². The molecular formula is C16H20F3N5O2S. The molecule has 7 nitrogen and oxygen atoms in total. The molecule has 0 spiro atoms. The molecule has 0 unspecified atom stereocenters. The van der Waals surface area contributed by atoms with Crippen LogP contribution in [-0.4, -0.2) is 44.8 Å². The minimum Gasteiger partial charge on any atom is -0.406 e. The fourth-order valence-corrected chi connectivity index (χ4v) is 2.90. The SMILES string of the molecule is CCCCCCNC(=O)CSc1nnnn1-c1ccc(OC(F)(F)F)cc1. The molecule has 0 radical (unpaired) electrons. The molecule has 1 N–H and O–H groups in total. The molecule has 0 bridgehead atoms. The molecule has 0 fully saturated rings. The Morgan fingerprint density at radius 3 is 2.63 bits per heavy atom. The molecule has 2 aromatic rings. The second kappa shape index (κ2) is 10.1. The van der Waals surface area contributed by atoms with Crippen molar-refractivity contribution in [2.45, 2.75) is 44.1 Å². The van der Waals surface area contributed by atoms with Crippen LogP contribution in [0, 0.1) is 0 Å². The Morgan fingerprint density at radius 1 is 1.22 bits per heavy atom. The van der Waals surface area contributed by atoms with Crippen LogP contribution in [0.5, 0.6) is 5.75 Å². The molecule has 1 heterocycles. The van der Waals surface area contributed by atoms with Crippen molar-refractivity contribution < 1.29 is 22.7 Å². The van der Waals surface area contributed by atoms with Crippen LogP contribution in [0.4, 0.5) is 13.2 Å². The van der Waals surface area contributed by atoms with Gasteiger partial charge in [-0.2, -0.15) is 4.68 Å². The van der Waals surface area contributed by atoms with Gasteiger partial charge in [0.05, 0.1) is 11.4 Å². The van der Waals surface area contributed by atoms with Crippen LogP contribution in [0.3, 0.4) is 0 Å². The molecule has 0 aliphatic carbocycles. The number of ether oxygens (including phenoxy) is 1. The average molecular weight is 403 g/mol. The zero-order valence-corrected chi connectivity index (χ0v) is 15.5. The lowest BCUT2D eigenvalue weighted by Crippen LogP contribution is -2.26. The lowest BCUT2D eigenvalue weighted by atomic mass is 10.2. The van der Waals surface area contributed by atoms with Crippen molar-refractivity contribution in [1.29, 1.82) is 0 Å². The van der Waals surface area contributed by atoms with Crippen molar-refractivity contribution in [3.8, 4) is 11.4 Å². The van der Waals surface area contributed by atoms with Gasteiger partial charge in [-0.25, -0.2) is 0 Å². The summed E-state index contributed by atoms with van der Waals surface area (Å²) >= 11 is 1.14. The highest BCUT2D eigenvalue weighted by Gasteiger charge is 2.31. The van der Waals surface area contributed by atoms with Gasteiger partial charge >= 0.3 is 6.36 Å². The predicted molar refractivity (Wildman–Crippen MR) is 93.7 cm³/mol. The van der Waals surface area contributed by atoms with Gasteiger partial charge in [0.15, 0.2) is 0 Å². The summed E-state index contributed by atoms with van der Waals surface area (Å²) in [7, 11) is 0. The molecule has 0 saturated heterocycles. The summed E-state index contributed by atoms with van der Waals surface area (Å²) in [5, 5.41) is 14.4. The van der Waals surface area contributed by atoms with Crippen molar-refractivity contribution in [2.75, 3.05) is 12.3 Å². The van der Waals surface area contributed by atoms with E-state index >= 15 is 0 Å². The van der Waals surface area contributed by atoms with Gasteiger partial charge in [0.25, 0.3) is 0 Å². The fourth-order valence-electron chi connectivity index (χ4n) is 2.18. The number of aromatic nitrogens is 4. The van der Waals surface area contributed by atoms with Gasteiger partial charge in [-0.05, 0) is 41.1 Å². The zero-order valence-electron chi connectivity index (χ0n) is 14.7. The third kappa shape index (κ3) is 7.45. The molecule has 1 aromatic heterocycles. The van der Waals surface area contributed by atoms with Gasteiger partial charge in [-0.3, -0.25) is 4.79 Å². The molecule has 148 valence electrons. The number of rotatable bonds is 10. The van der Waals surface area contributed by atoms with Crippen molar-refractivity contribution in [1.82, 2.24) is 25.5 Å². The van der Waals surface area contributed by atoms with Gasteiger partial charge < -0.3 is 10.1 Å². The first kappa shape index (κ1) is 21.0. The van der Waals surface area contributed by atoms with Gasteiger partial charge in [0, 0.05) is 6.54 Å². The third-order valence-electron chi connectivity index (χ3n) is 3.44. The normalized spacial score (nSPS) is 11.4. The molecule has 0 saturated carbocycles. The van der Waals surface area contributed by atoms with Crippen LogP contribution in [0.25, 0.3) is 5.69 Å². The third-order valence-corrected chi connectivity index (χ3v) is 4.36. The molecule has 11 heteroatoms. The van der Waals surface area contributed by atoms with E-state index in [-0.39, 0.29) is 17.4 Å². The standard InChI is InChI=1S/C16H20F3N5O2S/c1-2-3-4-5-10-20-14(25)11-27-15-21-22-23-24(15)12-6-8-13(9-7-12)26-16(17,18)19/h6-9H,2-5,10-11H2,1H3,(H,20,25). The molecular weight excluding hydrogens is 383 g/mol. The summed E-state index contributed by atoms with van der Waals surface area (Å²) in [6.07, 6.45) is -0.451. The summed E-state index contributed by atoms with van der Waals surface area (Å²) in [5.74, 6) is -0.320. The van der Waals surface area contributed by atoms with Crippen LogP contribution in [0.2, 0.25) is 0 Å². The maximum Gasteiger partial charge on any atom is 0.573 e. The minimum atomic E-state index is -4.75. The van der Waals surface area contributed by atoms with E-state index in [1.54, 1.807) is 0 Å². The zero-order chi connectivity index (χ0) is 19.7. The second-order valence-electron chi connectivity index (χ2n) is 5.61. The van der Waals surface area contributed by atoms with E-state index in [4.69, 9.17) is 0 Å². The lowest BCUT2D eigenvalue weighted by molar-refractivity contribution is -0.274. The number of thioether (sulfide) groups is 1. The number of halogens is 3. The van der Waals surface area contributed by atoms with Crippen molar-refractivity contribution >= 4 is 17.7 Å². The molecule has 0 aliphatic heterocycles. The van der Waals surface area contributed by atoms with Crippen molar-refractivity contribution in [2.24, 2.45) is 0 Å². The number of tetrazole rings is 1. The quantitative estimate of drug-likeness (QED) is 0.484. The maximum absolute atomic E-state index is 12.2. The molecule has 1 amide bonds. The maximum atomic E-state index is 12.2. The van der Waals surface area contributed by atoms with Gasteiger partial charge in [-0.1, -0.05) is 37.9 Å². The number of unbranched alkanes of at least 4 members (excludes halogenated alkanes) is 3. The number of carbonyl (C=O) groups excluding carboxylic acids is 1. The van der Waals surface area contributed by atoms with Crippen molar-refractivity contribution in [3.63, 3.8) is 0 Å². The number of alkyl halides is 3. The van der Waals surface area contributed by atoms with Gasteiger partial charge in [0.2, 0.25) is 11.1 Å². The predicted octanol–water partition coefficient (Wildman–Crippen LogP) is 3.35. The Labute approximate surface area is 158 Å². The molecule has 27 heavy (non-hydrogen) atoms. The number of carbonyl (C=O) groups is 1. The molecule has 0 aliphatic rings. The molecule has 2 rings (SSSR count). The topological polar surface area (TPSA) is 81.9 Å². The summed E-state index contributed by atoms with van der Waals surface area (Å²) < 4.78 is 41.8. The number of benzene rings is 1. The van der Waals surface area contributed by atoms with E-state index in [0.29, 0.717) is 17.4 Å². The second-order valence-corrected chi connectivity index (χ2v) is 6.56. The largest absolute Gasteiger partial charge is 0.573 e. The Balaban J connectivity index is 1.87. The number of nitrogens with one attached hydrogen (secondary N) is 1. The highest BCUT2D eigenvalue weighted by Crippen LogP contribution is 2.24. The molecule has 1 aromatic carbocycles. The van der Waals surface area contributed by atoms with E-state index in [9.17, 15) is 18.0 Å². The number of hydrogen-bond donors (Lipinski definition) is 1. The summed E-state index contributed by atoms with van der Waals surface area (Å²) in [6, 6.07) is 5.13. The number of nitrogens with zero attached hydrogens (tertiary/aromatic N) is 4. The van der Waals surface area contributed by atoms with Crippen LogP contribution in [-0.2, 0) is 4.79 Å². The number of hydrogen-bond acceptors (Lipinski definition) is 6. The first-order valence-corrected chi connectivity index (χ1v) is 9.41. The highest BCUT2D eigenvalue weighted by atomic mass is 32.2.